The Balaban J connectivity index is 2.64. The highest BCUT2D eigenvalue weighted by Gasteiger charge is 2.24. The van der Waals surface area contributed by atoms with Crippen LogP contribution < -0.4 is 4.74 Å². The van der Waals surface area contributed by atoms with E-state index in [9.17, 15) is 9.90 Å². The van der Waals surface area contributed by atoms with Gasteiger partial charge in [-0.05, 0) is 25.8 Å². The zero-order valence-corrected chi connectivity index (χ0v) is 12.2. The fraction of sp³-hybridized carbons (Fsp3) is 0.438. The molecular weight excluding hydrogens is 256 g/mol. The quantitative estimate of drug-likeness (QED) is 0.638. The number of aryl methyl sites for hydroxylation is 1. The van der Waals surface area contributed by atoms with Gasteiger partial charge in [-0.15, -0.1) is 0 Å². The van der Waals surface area contributed by atoms with Crippen LogP contribution in [0.15, 0.2) is 16.7 Å². The first-order valence-corrected chi connectivity index (χ1v) is 6.91. The van der Waals surface area contributed by atoms with Gasteiger partial charge in [0.25, 0.3) is 0 Å². The second kappa shape index (κ2) is 5.99. The van der Waals surface area contributed by atoms with Gasteiger partial charge in [0.15, 0.2) is 5.78 Å². The van der Waals surface area contributed by atoms with Crippen molar-refractivity contribution in [3.8, 4) is 11.5 Å². The van der Waals surface area contributed by atoms with Crippen molar-refractivity contribution in [1.29, 1.82) is 0 Å². The molecule has 2 rings (SSSR count). The highest BCUT2D eigenvalue weighted by Crippen LogP contribution is 2.41. The maximum atomic E-state index is 11.8. The van der Waals surface area contributed by atoms with Crippen molar-refractivity contribution in [2.24, 2.45) is 0 Å². The lowest BCUT2D eigenvalue weighted by Crippen LogP contribution is -2.02. The lowest BCUT2D eigenvalue weighted by molar-refractivity contribution is 0.101. The molecule has 0 unspecified atom stereocenters. The first kappa shape index (κ1) is 14.4. The number of hydrogen-bond acceptors (Lipinski definition) is 4. The van der Waals surface area contributed by atoms with Crippen molar-refractivity contribution in [2.75, 3.05) is 7.11 Å². The Hall–Kier alpha value is -1.97. The number of unbranched alkanes of at least 4 members (excludes halogenated alkanes) is 2. The van der Waals surface area contributed by atoms with E-state index < -0.39 is 0 Å². The Morgan fingerprint density at radius 1 is 1.40 bits per heavy atom. The molecule has 20 heavy (non-hydrogen) atoms. The molecule has 0 aliphatic carbocycles. The van der Waals surface area contributed by atoms with Gasteiger partial charge in [0.2, 0.25) is 0 Å². The van der Waals surface area contributed by atoms with Crippen LogP contribution in [0.1, 0.15) is 49.0 Å². The van der Waals surface area contributed by atoms with E-state index >= 15 is 0 Å². The summed E-state index contributed by atoms with van der Waals surface area (Å²) in [6.45, 7) is 3.55. The lowest BCUT2D eigenvalue weighted by atomic mass is 9.97. The maximum absolute atomic E-state index is 11.8. The van der Waals surface area contributed by atoms with Crippen molar-refractivity contribution in [2.45, 2.75) is 39.5 Å². The zero-order chi connectivity index (χ0) is 14.7. The van der Waals surface area contributed by atoms with Crippen LogP contribution in [0.25, 0.3) is 11.0 Å². The second-order valence-corrected chi connectivity index (χ2v) is 4.91. The molecule has 4 nitrogen and oxygen atoms in total. The third-order valence-electron chi connectivity index (χ3n) is 3.52. The molecule has 0 aliphatic heterocycles. The first-order chi connectivity index (χ1) is 9.61. The standard InChI is InChI=1S/C16H20O4/c1-4-5-6-7-11-14(18)13(10(2)17)16(19-3)12-8-9-20-15(11)12/h8-9,18H,4-7H2,1-3H3. The Labute approximate surface area is 118 Å². The zero-order valence-electron chi connectivity index (χ0n) is 12.2. The van der Waals surface area contributed by atoms with E-state index in [0.717, 1.165) is 24.6 Å². The normalized spacial score (nSPS) is 10.9. The first-order valence-electron chi connectivity index (χ1n) is 6.91. The molecule has 0 bridgehead atoms. The number of Topliss-reactive ketones (excluding diaryl/α,β-unsaturated/α-hetero) is 1. The van der Waals surface area contributed by atoms with Gasteiger partial charge in [-0.2, -0.15) is 0 Å². The molecule has 0 atom stereocenters. The Morgan fingerprint density at radius 3 is 2.75 bits per heavy atom. The minimum absolute atomic E-state index is 0.00657. The minimum Gasteiger partial charge on any atom is -0.507 e. The van der Waals surface area contributed by atoms with E-state index in [-0.39, 0.29) is 17.1 Å². The number of methoxy groups -OCH3 is 1. The summed E-state index contributed by atoms with van der Waals surface area (Å²) in [5.74, 6) is 0.171. The van der Waals surface area contributed by atoms with Crippen LogP contribution in [0, 0.1) is 0 Å². The molecule has 1 N–H and O–H groups in total. The smallest absolute Gasteiger partial charge is 0.167 e. The second-order valence-electron chi connectivity index (χ2n) is 4.91. The van der Waals surface area contributed by atoms with E-state index in [1.165, 1.54) is 14.0 Å². The summed E-state index contributed by atoms with van der Waals surface area (Å²) in [5, 5.41) is 11.2. The largest absolute Gasteiger partial charge is 0.507 e. The average molecular weight is 276 g/mol. The van der Waals surface area contributed by atoms with Gasteiger partial charge in [0.1, 0.15) is 22.6 Å². The van der Waals surface area contributed by atoms with Gasteiger partial charge in [0, 0.05) is 5.56 Å². The highest BCUT2D eigenvalue weighted by molar-refractivity contribution is 6.06. The number of aromatic hydroxyl groups is 1. The fourth-order valence-electron chi connectivity index (χ4n) is 2.54. The molecule has 0 amide bonds. The molecule has 0 aliphatic rings. The van der Waals surface area contributed by atoms with E-state index in [1.807, 2.05) is 0 Å². The van der Waals surface area contributed by atoms with Crippen LogP contribution in [0.4, 0.5) is 0 Å². The summed E-state index contributed by atoms with van der Waals surface area (Å²) in [7, 11) is 1.49. The molecule has 1 aromatic carbocycles. The number of rotatable bonds is 6. The number of hydrogen-bond donors (Lipinski definition) is 1. The van der Waals surface area contributed by atoms with E-state index in [2.05, 4.69) is 6.92 Å². The summed E-state index contributed by atoms with van der Waals surface area (Å²) in [6.07, 6.45) is 5.36. The van der Waals surface area contributed by atoms with E-state index in [1.54, 1.807) is 12.3 Å². The molecule has 0 saturated heterocycles. The monoisotopic (exact) mass is 276 g/mol. The lowest BCUT2D eigenvalue weighted by Gasteiger charge is -2.13. The summed E-state index contributed by atoms with van der Waals surface area (Å²) in [4.78, 5) is 11.8. The number of benzene rings is 1. The topological polar surface area (TPSA) is 59.7 Å². The number of ketones is 1. The average Bonchev–Trinajstić information content (AvgIpc) is 2.88. The van der Waals surface area contributed by atoms with Crippen molar-refractivity contribution < 1.29 is 19.1 Å². The van der Waals surface area contributed by atoms with E-state index in [4.69, 9.17) is 9.15 Å². The Morgan fingerprint density at radius 2 is 2.15 bits per heavy atom. The SMILES string of the molecule is CCCCCc1c(O)c(C(C)=O)c(OC)c2ccoc12. The van der Waals surface area contributed by atoms with Crippen molar-refractivity contribution in [3.63, 3.8) is 0 Å². The Bertz CT molecular complexity index is 625. The number of phenols is 1. The van der Waals surface area contributed by atoms with Crippen LogP contribution in [0.2, 0.25) is 0 Å². The molecule has 1 aromatic heterocycles. The molecule has 108 valence electrons. The summed E-state index contributed by atoms with van der Waals surface area (Å²) in [6, 6.07) is 1.77. The molecule has 2 aromatic rings. The van der Waals surface area contributed by atoms with Crippen LogP contribution in [-0.2, 0) is 6.42 Å². The minimum atomic E-state index is -0.209. The molecule has 4 heteroatoms. The number of ether oxygens (including phenoxy) is 1. The van der Waals surface area contributed by atoms with Crippen LogP contribution >= 0.6 is 0 Å². The van der Waals surface area contributed by atoms with Gasteiger partial charge in [-0.1, -0.05) is 19.8 Å². The number of furan rings is 1. The number of carbonyl (C=O) groups is 1. The molecule has 1 heterocycles. The number of carbonyl (C=O) groups excluding carboxylic acids is 1. The molecule has 0 radical (unpaired) electrons. The summed E-state index contributed by atoms with van der Waals surface area (Å²) < 4.78 is 10.8. The molecule has 0 fully saturated rings. The predicted molar refractivity (Wildman–Crippen MR) is 77.7 cm³/mol. The van der Waals surface area contributed by atoms with Gasteiger partial charge in [-0.3, -0.25) is 4.79 Å². The molecule has 0 spiro atoms. The van der Waals surface area contributed by atoms with Gasteiger partial charge >= 0.3 is 0 Å². The fourth-order valence-corrected chi connectivity index (χ4v) is 2.54. The van der Waals surface area contributed by atoms with Gasteiger partial charge in [0.05, 0.1) is 18.8 Å². The van der Waals surface area contributed by atoms with Crippen LogP contribution in [0.3, 0.4) is 0 Å². The number of fused-ring (bicyclic) bond motifs is 1. The number of phenolic OH excluding ortho intramolecular Hbond substituents is 1. The van der Waals surface area contributed by atoms with Crippen molar-refractivity contribution >= 4 is 16.8 Å². The van der Waals surface area contributed by atoms with Crippen molar-refractivity contribution in [3.05, 3.63) is 23.5 Å². The maximum Gasteiger partial charge on any atom is 0.167 e. The highest BCUT2D eigenvalue weighted by atomic mass is 16.5. The Kier molecular flexibility index (Phi) is 4.32. The van der Waals surface area contributed by atoms with Gasteiger partial charge < -0.3 is 14.3 Å². The van der Waals surface area contributed by atoms with E-state index in [0.29, 0.717) is 23.3 Å². The molecule has 0 saturated carbocycles. The summed E-state index contributed by atoms with van der Waals surface area (Å²) >= 11 is 0. The van der Waals surface area contributed by atoms with Gasteiger partial charge in [-0.25, -0.2) is 0 Å². The molecular formula is C16H20O4. The third-order valence-corrected chi connectivity index (χ3v) is 3.52. The third kappa shape index (κ3) is 2.38. The van der Waals surface area contributed by atoms with Crippen LogP contribution in [0.5, 0.6) is 11.5 Å². The summed E-state index contributed by atoms with van der Waals surface area (Å²) in [5.41, 5.74) is 1.55. The van der Waals surface area contributed by atoms with Crippen LogP contribution in [-0.4, -0.2) is 18.0 Å². The van der Waals surface area contributed by atoms with Crippen molar-refractivity contribution in [1.82, 2.24) is 0 Å². The predicted octanol–water partition coefficient (Wildman–Crippen LogP) is 4.08.